The van der Waals surface area contributed by atoms with E-state index in [1.165, 1.54) is 0 Å². The molecule has 0 saturated heterocycles. The quantitative estimate of drug-likeness (QED) is 0.870. The van der Waals surface area contributed by atoms with Crippen LogP contribution in [0.3, 0.4) is 0 Å². The Morgan fingerprint density at radius 3 is 2.68 bits per heavy atom. The first kappa shape index (κ1) is 16.4. The lowest BCUT2D eigenvalue weighted by Gasteiger charge is -2.18. The molecule has 1 amide bonds. The molecule has 1 unspecified atom stereocenters. The summed E-state index contributed by atoms with van der Waals surface area (Å²) in [5.41, 5.74) is 2.26. The summed E-state index contributed by atoms with van der Waals surface area (Å²) in [6.07, 6.45) is 0.0639. The molecule has 2 aromatic carbocycles. The highest BCUT2D eigenvalue weighted by atomic mass is 35.5. The van der Waals surface area contributed by atoms with Gasteiger partial charge in [0.1, 0.15) is 5.75 Å². The topological polar surface area (TPSA) is 38.3 Å². The second-order valence-corrected chi connectivity index (χ2v) is 5.55. The number of carbonyl (C=O) groups is 1. The van der Waals surface area contributed by atoms with Gasteiger partial charge in [-0.3, -0.25) is 4.79 Å². The molecular weight excluding hydrogens is 298 g/mol. The second-order valence-electron chi connectivity index (χ2n) is 5.12. The summed E-state index contributed by atoms with van der Waals surface area (Å²) in [5, 5.41) is 3.52. The number of hydrogen-bond donors (Lipinski definition) is 1. The van der Waals surface area contributed by atoms with E-state index in [9.17, 15) is 4.79 Å². The summed E-state index contributed by atoms with van der Waals surface area (Å²) < 4.78 is 5.73. The predicted molar refractivity (Wildman–Crippen MR) is 89.2 cm³/mol. The van der Waals surface area contributed by atoms with Crippen molar-refractivity contribution < 1.29 is 9.53 Å². The van der Waals surface area contributed by atoms with Crippen molar-refractivity contribution >= 4 is 17.5 Å². The van der Waals surface area contributed by atoms with Crippen LogP contribution in [0.5, 0.6) is 5.75 Å². The van der Waals surface area contributed by atoms with E-state index in [1.54, 1.807) is 24.3 Å². The monoisotopic (exact) mass is 317 g/mol. The van der Waals surface area contributed by atoms with Gasteiger partial charge in [-0.15, -0.1) is 0 Å². The van der Waals surface area contributed by atoms with E-state index in [0.29, 0.717) is 23.7 Å². The molecule has 0 fully saturated rings. The Morgan fingerprint density at radius 2 is 2.00 bits per heavy atom. The zero-order valence-corrected chi connectivity index (χ0v) is 13.6. The van der Waals surface area contributed by atoms with Gasteiger partial charge in [-0.1, -0.05) is 48.9 Å². The van der Waals surface area contributed by atoms with E-state index < -0.39 is 6.10 Å². The number of aryl methyl sites for hydroxylation is 1. The highest BCUT2D eigenvalue weighted by Crippen LogP contribution is 2.19. The number of amides is 1. The maximum Gasteiger partial charge on any atom is 0.261 e. The molecule has 1 N–H and O–H groups in total. The van der Waals surface area contributed by atoms with Gasteiger partial charge in [-0.2, -0.15) is 0 Å². The number of nitrogens with one attached hydrogen (secondary N) is 1. The van der Waals surface area contributed by atoms with Crippen LogP contribution in [0.2, 0.25) is 5.02 Å². The molecule has 0 saturated carbocycles. The lowest BCUT2D eigenvalue weighted by Crippen LogP contribution is -2.37. The molecule has 4 heteroatoms. The lowest BCUT2D eigenvalue weighted by atomic mass is 10.1. The van der Waals surface area contributed by atoms with Crippen molar-refractivity contribution in [1.82, 2.24) is 5.32 Å². The molecule has 0 heterocycles. The summed E-state index contributed by atoms with van der Waals surface area (Å²) in [5.74, 6) is 0.483. The van der Waals surface area contributed by atoms with Crippen molar-refractivity contribution in [3.05, 3.63) is 64.7 Å². The molecule has 0 radical (unpaired) electrons. The molecule has 0 aliphatic rings. The normalized spacial score (nSPS) is 11.8. The molecular formula is C18H20ClNO2. The smallest absolute Gasteiger partial charge is 0.261 e. The molecule has 1 atom stereocenters. The molecule has 0 aliphatic heterocycles. The van der Waals surface area contributed by atoms with Crippen molar-refractivity contribution in [2.45, 2.75) is 32.9 Å². The Hall–Kier alpha value is -2.00. The fourth-order valence-electron chi connectivity index (χ4n) is 2.13. The summed E-state index contributed by atoms with van der Waals surface area (Å²) in [7, 11) is 0. The summed E-state index contributed by atoms with van der Waals surface area (Å²) in [4.78, 5) is 12.3. The molecule has 0 aliphatic carbocycles. The first-order valence-electron chi connectivity index (χ1n) is 7.34. The first-order valence-corrected chi connectivity index (χ1v) is 7.72. The van der Waals surface area contributed by atoms with E-state index >= 15 is 0 Å². The van der Waals surface area contributed by atoms with Gasteiger partial charge in [0.05, 0.1) is 0 Å². The van der Waals surface area contributed by atoms with Gasteiger partial charge in [0, 0.05) is 11.6 Å². The molecule has 22 heavy (non-hydrogen) atoms. The Bertz CT molecular complexity index is 642. The zero-order valence-electron chi connectivity index (χ0n) is 12.8. The van der Waals surface area contributed by atoms with Crippen LogP contribution < -0.4 is 10.1 Å². The van der Waals surface area contributed by atoms with Gasteiger partial charge in [0.2, 0.25) is 0 Å². The summed E-state index contributed by atoms with van der Waals surface area (Å²) in [6, 6.07) is 15.1. The molecule has 2 rings (SSSR count). The molecule has 116 valence electrons. The van der Waals surface area contributed by atoms with Crippen LogP contribution in [0.4, 0.5) is 0 Å². The van der Waals surface area contributed by atoms with Crippen LogP contribution in [0.25, 0.3) is 0 Å². The van der Waals surface area contributed by atoms with Crippen molar-refractivity contribution in [3.63, 3.8) is 0 Å². The number of benzene rings is 2. The third-order valence-electron chi connectivity index (χ3n) is 3.45. The van der Waals surface area contributed by atoms with Crippen LogP contribution in [-0.2, 0) is 11.3 Å². The maximum absolute atomic E-state index is 12.3. The van der Waals surface area contributed by atoms with E-state index in [4.69, 9.17) is 16.3 Å². The summed E-state index contributed by atoms with van der Waals surface area (Å²) in [6.45, 7) is 4.45. The van der Waals surface area contributed by atoms with Crippen molar-refractivity contribution in [2.24, 2.45) is 0 Å². The Kier molecular flexibility index (Phi) is 5.84. The van der Waals surface area contributed by atoms with Crippen molar-refractivity contribution in [3.8, 4) is 5.75 Å². The zero-order chi connectivity index (χ0) is 15.9. The van der Waals surface area contributed by atoms with Gasteiger partial charge < -0.3 is 10.1 Å². The van der Waals surface area contributed by atoms with Gasteiger partial charge in [-0.25, -0.2) is 0 Å². The third-order valence-corrected chi connectivity index (χ3v) is 3.69. The standard InChI is InChI=1S/C18H20ClNO2/c1-3-17(22-16-10-6-9-15(19)11-16)18(21)20-12-14-8-5-4-7-13(14)2/h4-11,17H,3,12H2,1-2H3,(H,20,21). The van der Waals surface area contributed by atoms with Crippen molar-refractivity contribution in [2.75, 3.05) is 0 Å². The average Bonchev–Trinajstić information content (AvgIpc) is 2.51. The Labute approximate surface area is 136 Å². The van der Waals surface area contributed by atoms with E-state index in [0.717, 1.165) is 11.1 Å². The van der Waals surface area contributed by atoms with Crippen LogP contribution in [0.15, 0.2) is 48.5 Å². The second kappa shape index (κ2) is 7.85. The molecule has 2 aromatic rings. The highest BCUT2D eigenvalue weighted by molar-refractivity contribution is 6.30. The van der Waals surface area contributed by atoms with Crippen LogP contribution in [0.1, 0.15) is 24.5 Å². The maximum atomic E-state index is 12.3. The molecule has 0 bridgehead atoms. The average molecular weight is 318 g/mol. The Balaban J connectivity index is 1.96. The number of ether oxygens (including phenoxy) is 1. The molecule has 0 spiro atoms. The fraction of sp³-hybridized carbons (Fsp3) is 0.278. The summed E-state index contributed by atoms with van der Waals surface area (Å²) >= 11 is 5.93. The lowest BCUT2D eigenvalue weighted by molar-refractivity contribution is -0.128. The number of rotatable bonds is 6. The Morgan fingerprint density at radius 1 is 1.23 bits per heavy atom. The van der Waals surface area contributed by atoms with Crippen LogP contribution >= 0.6 is 11.6 Å². The minimum Gasteiger partial charge on any atom is -0.481 e. The number of hydrogen-bond acceptors (Lipinski definition) is 2. The van der Waals surface area contributed by atoms with E-state index in [-0.39, 0.29) is 5.91 Å². The van der Waals surface area contributed by atoms with E-state index in [2.05, 4.69) is 5.32 Å². The largest absolute Gasteiger partial charge is 0.481 e. The molecule has 0 aromatic heterocycles. The SMILES string of the molecule is CCC(Oc1cccc(Cl)c1)C(=O)NCc1ccccc1C. The van der Waals surface area contributed by atoms with Gasteiger partial charge in [0.15, 0.2) is 6.10 Å². The highest BCUT2D eigenvalue weighted by Gasteiger charge is 2.18. The van der Waals surface area contributed by atoms with Gasteiger partial charge in [0.25, 0.3) is 5.91 Å². The van der Waals surface area contributed by atoms with Gasteiger partial charge in [-0.05, 0) is 42.7 Å². The fourth-order valence-corrected chi connectivity index (χ4v) is 2.31. The van der Waals surface area contributed by atoms with Crippen LogP contribution in [0, 0.1) is 6.92 Å². The predicted octanol–water partition coefficient (Wildman–Crippen LogP) is 4.12. The molecule has 3 nitrogen and oxygen atoms in total. The first-order chi connectivity index (χ1) is 10.6. The number of halogens is 1. The number of carbonyl (C=O) groups excluding carboxylic acids is 1. The third kappa shape index (κ3) is 4.50. The van der Waals surface area contributed by atoms with Crippen LogP contribution in [-0.4, -0.2) is 12.0 Å². The van der Waals surface area contributed by atoms with E-state index in [1.807, 2.05) is 38.1 Å². The van der Waals surface area contributed by atoms with Crippen molar-refractivity contribution in [1.29, 1.82) is 0 Å². The minimum absolute atomic E-state index is 0.120. The van der Waals surface area contributed by atoms with Gasteiger partial charge >= 0.3 is 0 Å². The minimum atomic E-state index is -0.525.